The van der Waals surface area contributed by atoms with Crippen LogP contribution in [0.4, 0.5) is 39.5 Å². The molecular formula is C38H55F9O3. The Hall–Kier alpha value is -1.69. The summed E-state index contributed by atoms with van der Waals surface area (Å²) in [7, 11) is 0. The van der Waals surface area contributed by atoms with E-state index in [0.29, 0.717) is 17.8 Å². The van der Waals surface area contributed by atoms with Gasteiger partial charge in [0.05, 0.1) is 23.9 Å². The summed E-state index contributed by atoms with van der Waals surface area (Å²) in [5, 5.41) is 0. The van der Waals surface area contributed by atoms with E-state index < -0.39 is 53.1 Å². The Kier molecular flexibility index (Phi) is 10.9. The lowest BCUT2D eigenvalue weighted by Crippen LogP contribution is -2.68. The van der Waals surface area contributed by atoms with Crippen molar-refractivity contribution in [2.45, 2.75) is 175 Å². The fourth-order valence-electron chi connectivity index (χ4n) is 9.85. The van der Waals surface area contributed by atoms with Crippen LogP contribution < -0.4 is 4.74 Å². The van der Waals surface area contributed by atoms with Gasteiger partial charge in [0, 0.05) is 0 Å². The van der Waals surface area contributed by atoms with Gasteiger partial charge in [-0.25, -0.2) is 0 Å². The number of hydrogen-bond acceptors (Lipinski definition) is 3. The maximum absolute atomic E-state index is 13.6. The zero-order valence-corrected chi connectivity index (χ0v) is 31.0. The molecule has 4 rings (SSSR count). The smallest absolute Gasteiger partial charge is 0.435 e. The molecule has 1 aromatic carbocycles. The molecule has 288 valence electrons. The summed E-state index contributed by atoms with van der Waals surface area (Å²) in [6.07, 6.45) is -16.5. The van der Waals surface area contributed by atoms with Crippen LogP contribution in [0.1, 0.15) is 131 Å². The second kappa shape index (κ2) is 13.3. The molecule has 3 aliphatic carbocycles. The molecule has 0 aromatic heterocycles. The minimum absolute atomic E-state index is 0.0534. The van der Waals surface area contributed by atoms with Crippen molar-refractivity contribution in [3.8, 4) is 5.75 Å². The van der Waals surface area contributed by atoms with Crippen molar-refractivity contribution < 1.29 is 53.7 Å². The minimum atomic E-state index is -6.77. The van der Waals surface area contributed by atoms with Crippen molar-refractivity contribution in [2.75, 3.05) is 0 Å². The fraction of sp³-hybridized carbons (Fsp3) is 0.842. The Morgan fingerprint density at radius 2 is 1.38 bits per heavy atom. The maximum atomic E-state index is 13.6. The molecule has 1 aromatic rings. The molecular weight excluding hydrogens is 675 g/mol. The Morgan fingerprint density at radius 3 is 1.92 bits per heavy atom. The SMILES string of the molecule is CC(C)Oc1ccc2c(c1)CCC1C2CCC2(C)C(OC(C)(C)C(C)(C)CC(C)(C)CC(C)OC(C(F)(F)F)(C(F)(F)F)C(F)(F)F)CCC12. The predicted molar refractivity (Wildman–Crippen MR) is 174 cm³/mol. The highest BCUT2D eigenvalue weighted by atomic mass is 19.4. The first kappa shape index (κ1) is 41.1. The van der Waals surface area contributed by atoms with Gasteiger partial charge in [-0.05, 0) is 143 Å². The molecule has 2 saturated carbocycles. The molecule has 0 amide bonds. The molecule has 2 fully saturated rings. The molecule has 6 unspecified atom stereocenters. The molecule has 0 radical (unpaired) electrons. The van der Waals surface area contributed by atoms with Crippen LogP contribution in [0.2, 0.25) is 0 Å². The molecule has 0 N–H and O–H groups in total. The van der Waals surface area contributed by atoms with Crippen LogP contribution in [0.15, 0.2) is 18.2 Å². The van der Waals surface area contributed by atoms with Gasteiger partial charge in [0.15, 0.2) is 0 Å². The van der Waals surface area contributed by atoms with Crippen LogP contribution >= 0.6 is 0 Å². The van der Waals surface area contributed by atoms with Crippen molar-refractivity contribution in [2.24, 2.45) is 28.1 Å². The number of halogens is 9. The van der Waals surface area contributed by atoms with Gasteiger partial charge in [-0.1, -0.05) is 40.7 Å². The van der Waals surface area contributed by atoms with Crippen molar-refractivity contribution in [3.05, 3.63) is 29.3 Å². The molecule has 3 nitrogen and oxygen atoms in total. The largest absolute Gasteiger partial charge is 0.491 e. The molecule has 0 aliphatic heterocycles. The van der Waals surface area contributed by atoms with E-state index in [1.54, 1.807) is 13.8 Å². The molecule has 0 spiro atoms. The minimum Gasteiger partial charge on any atom is -0.491 e. The number of ether oxygens (including phenoxy) is 3. The zero-order valence-electron chi connectivity index (χ0n) is 31.0. The van der Waals surface area contributed by atoms with Crippen molar-refractivity contribution in [1.82, 2.24) is 0 Å². The van der Waals surface area contributed by atoms with Gasteiger partial charge in [0.1, 0.15) is 5.75 Å². The second-order valence-electron chi connectivity index (χ2n) is 17.7. The lowest BCUT2D eigenvalue weighted by atomic mass is 9.55. The van der Waals surface area contributed by atoms with Gasteiger partial charge >= 0.3 is 24.1 Å². The number of alkyl halides is 9. The molecule has 0 saturated heterocycles. The summed E-state index contributed by atoms with van der Waals surface area (Å²) in [6, 6.07) is 6.51. The second-order valence-corrected chi connectivity index (χ2v) is 17.7. The molecule has 0 heterocycles. The van der Waals surface area contributed by atoms with Gasteiger partial charge in [0.2, 0.25) is 0 Å². The summed E-state index contributed by atoms with van der Waals surface area (Å²) in [5.74, 6) is 2.37. The molecule has 50 heavy (non-hydrogen) atoms. The van der Waals surface area contributed by atoms with Crippen LogP contribution in [0.3, 0.4) is 0 Å². The summed E-state index contributed by atoms with van der Waals surface area (Å²) < 4.78 is 139. The van der Waals surface area contributed by atoms with Gasteiger partial charge in [-0.2, -0.15) is 39.5 Å². The standard InChI is InChI=1S/C38H55F9O3/c1-22(2)48-25-12-14-26-24(19-25)11-13-28-27(26)17-18-34(10)29(28)15-16-30(34)50-33(8,9)32(6,7)21-31(4,5)20-23(3)49-35(36(39,40)41,37(42,43)44)38(45,46)47/h12,14,19,22-23,27-30H,11,13,15-18,20-21H2,1-10H3. The van der Waals surface area contributed by atoms with E-state index in [2.05, 4.69) is 29.9 Å². The Bertz CT molecular complexity index is 1310. The highest BCUT2D eigenvalue weighted by Crippen LogP contribution is 2.63. The summed E-state index contributed by atoms with van der Waals surface area (Å²) in [5.41, 5.74) is -6.04. The van der Waals surface area contributed by atoms with Crippen LogP contribution in [-0.2, 0) is 15.9 Å². The number of fused-ring (bicyclic) bond motifs is 5. The number of rotatable bonds is 11. The monoisotopic (exact) mass is 730 g/mol. The average molecular weight is 731 g/mol. The number of benzene rings is 1. The molecule has 0 bridgehead atoms. The summed E-state index contributed by atoms with van der Waals surface area (Å²) >= 11 is 0. The van der Waals surface area contributed by atoms with E-state index in [9.17, 15) is 39.5 Å². The van der Waals surface area contributed by atoms with Gasteiger partial charge in [-0.15, -0.1) is 0 Å². The van der Waals surface area contributed by atoms with Crippen LogP contribution in [0.5, 0.6) is 5.75 Å². The van der Waals surface area contributed by atoms with E-state index >= 15 is 0 Å². The van der Waals surface area contributed by atoms with Gasteiger partial charge < -0.3 is 14.2 Å². The highest BCUT2D eigenvalue weighted by molar-refractivity contribution is 5.41. The molecule has 6 atom stereocenters. The number of hydrogen-bond donors (Lipinski definition) is 0. The topological polar surface area (TPSA) is 27.7 Å². The average Bonchev–Trinajstić information content (AvgIpc) is 3.23. The zero-order chi connectivity index (χ0) is 38.1. The maximum Gasteiger partial charge on any atom is 0.435 e. The highest BCUT2D eigenvalue weighted by Gasteiger charge is 2.86. The Balaban J connectivity index is 1.46. The quantitative estimate of drug-likeness (QED) is 0.212. The Morgan fingerprint density at radius 1 is 0.800 bits per heavy atom. The fourth-order valence-corrected chi connectivity index (χ4v) is 9.85. The first-order valence-corrected chi connectivity index (χ1v) is 17.8. The third-order valence-corrected chi connectivity index (χ3v) is 12.4. The van der Waals surface area contributed by atoms with E-state index in [4.69, 9.17) is 9.47 Å². The van der Waals surface area contributed by atoms with E-state index in [1.807, 2.05) is 41.5 Å². The van der Waals surface area contributed by atoms with Crippen LogP contribution in [-0.4, -0.2) is 48.0 Å². The van der Waals surface area contributed by atoms with E-state index in [0.717, 1.165) is 51.2 Å². The van der Waals surface area contributed by atoms with E-state index in [-0.39, 0.29) is 24.0 Å². The third kappa shape index (κ3) is 7.54. The Labute approximate surface area is 291 Å². The van der Waals surface area contributed by atoms with Gasteiger partial charge in [0.25, 0.3) is 0 Å². The van der Waals surface area contributed by atoms with Crippen molar-refractivity contribution in [1.29, 1.82) is 0 Å². The van der Waals surface area contributed by atoms with Crippen molar-refractivity contribution in [3.63, 3.8) is 0 Å². The number of aryl methyl sites for hydroxylation is 1. The normalized spacial score (nSPS) is 27.5. The molecule has 12 heteroatoms. The van der Waals surface area contributed by atoms with Gasteiger partial charge in [-0.3, -0.25) is 0 Å². The predicted octanol–water partition coefficient (Wildman–Crippen LogP) is 12.2. The first-order chi connectivity index (χ1) is 22.5. The lowest BCUT2D eigenvalue weighted by molar-refractivity contribution is -0.464. The first-order valence-electron chi connectivity index (χ1n) is 17.8. The lowest BCUT2D eigenvalue weighted by Gasteiger charge is -2.53. The summed E-state index contributed by atoms with van der Waals surface area (Å²) in [6.45, 7) is 18.2. The van der Waals surface area contributed by atoms with Crippen LogP contribution in [0, 0.1) is 28.1 Å². The third-order valence-electron chi connectivity index (χ3n) is 12.4. The summed E-state index contributed by atoms with van der Waals surface area (Å²) in [4.78, 5) is 0. The van der Waals surface area contributed by atoms with Crippen molar-refractivity contribution >= 4 is 0 Å². The van der Waals surface area contributed by atoms with E-state index in [1.165, 1.54) is 11.1 Å². The van der Waals surface area contributed by atoms with Crippen LogP contribution in [0.25, 0.3) is 0 Å². The molecule has 3 aliphatic rings.